The van der Waals surface area contributed by atoms with Gasteiger partial charge in [0, 0.05) is 37.1 Å². The quantitative estimate of drug-likeness (QED) is 0.595. The molecule has 150 valence electrons. The van der Waals surface area contributed by atoms with Gasteiger partial charge in [-0.25, -0.2) is 9.78 Å². The number of nitrogens with zero attached hydrogens (tertiary/aromatic N) is 3. The van der Waals surface area contributed by atoms with E-state index in [0.29, 0.717) is 26.2 Å². The molecule has 1 fully saturated rings. The first-order chi connectivity index (χ1) is 13.7. The summed E-state index contributed by atoms with van der Waals surface area (Å²) in [7, 11) is 1.76. The van der Waals surface area contributed by atoms with Crippen LogP contribution in [-0.2, 0) is 11.3 Å². The van der Waals surface area contributed by atoms with E-state index in [1.165, 1.54) is 0 Å². The molecule has 3 rings (SSSR count). The maximum absolute atomic E-state index is 11.8. The third-order valence-electron chi connectivity index (χ3n) is 4.61. The summed E-state index contributed by atoms with van der Waals surface area (Å²) in [6.45, 7) is 4.25. The van der Waals surface area contributed by atoms with Crippen LogP contribution >= 0.6 is 11.3 Å². The van der Waals surface area contributed by atoms with Crippen LogP contribution < -0.4 is 10.6 Å². The normalized spacial score (nSPS) is 15.4. The van der Waals surface area contributed by atoms with Crippen LogP contribution in [0.5, 0.6) is 0 Å². The Morgan fingerprint density at radius 1 is 1.32 bits per heavy atom. The molecule has 2 aromatic rings. The van der Waals surface area contributed by atoms with Gasteiger partial charge in [-0.05, 0) is 19.8 Å². The van der Waals surface area contributed by atoms with Crippen LogP contribution in [0.1, 0.15) is 24.8 Å². The highest BCUT2D eigenvalue weighted by molar-refractivity contribution is 7.09. The predicted molar refractivity (Wildman–Crippen MR) is 113 cm³/mol. The fraction of sp³-hybridized carbons (Fsp3) is 0.450. The van der Waals surface area contributed by atoms with Crippen LogP contribution in [0.2, 0.25) is 0 Å². The zero-order chi connectivity index (χ0) is 19.8. The first-order valence-electron chi connectivity index (χ1n) is 9.58. The Morgan fingerprint density at radius 3 is 2.75 bits per heavy atom. The number of amides is 1. The van der Waals surface area contributed by atoms with E-state index in [9.17, 15) is 4.79 Å². The van der Waals surface area contributed by atoms with E-state index in [1.54, 1.807) is 23.3 Å². The minimum absolute atomic E-state index is 0.221. The topological polar surface area (TPSA) is 78.8 Å². The van der Waals surface area contributed by atoms with Crippen LogP contribution in [-0.4, -0.2) is 54.7 Å². The van der Waals surface area contributed by atoms with E-state index >= 15 is 0 Å². The van der Waals surface area contributed by atoms with Crippen LogP contribution in [0.25, 0.3) is 11.3 Å². The number of piperidine rings is 1. The molecular weight excluding hydrogens is 374 g/mol. The number of rotatable bonds is 5. The van der Waals surface area contributed by atoms with Crippen LogP contribution in [0.15, 0.2) is 40.7 Å². The monoisotopic (exact) mass is 401 g/mol. The van der Waals surface area contributed by atoms with Gasteiger partial charge in [-0.2, -0.15) is 0 Å². The molecule has 1 aliphatic rings. The summed E-state index contributed by atoms with van der Waals surface area (Å²) >= 11 is 1.64. The Kier molecular flexibility index (Phi) is 7.25. The number of carbonyl (C=O) groups is 1. The summed E-state index contributed by atoms with van der Waals surface area (Å²) in [5.74, 6) is 0.756. The molecule has 1 amide bonds. The van der Waals surface area contributed by atoms with Crippen molar-refractivity contribution in [3.05, 3.63) is 40.7 Å². The zero-order valence-electron chi connectivity index (χ0n) is 16.4. The molecule has 0 aliphatic carbocycles. The van der Waals surface area contributed by atoms with Gasteiger partial charge in [0.2, 0.25) is 0 Å². The number of benzene rings is 1. The smallest absolute Gasteiger partial charge is 0.409 e. The molecule has 2 N–H and O–H groups in total. The summed E-state index contributed by atoms with van der Waals surface area (Å²) in [5.41, 5.74) is 2.12. The van der Waals surface area contributed by atoms with Crippen molar-refractivity contribution in [1.29, 1.82) is 0 Å². The number of aromatic nitrogens is 1. The number of hydrogen-bond acceptors (Lipinski definition) is 5. The van der Waals surface area contributed by atoms with Gasteiger partial charge in [0.15, 0.2) is 5.96 Å². The first-order valence-corrected chi connectivity index (χ1v) is 10.5. The predicted octanol–water partition coefficient (Wildman–Crippen LogP) is 3.10. The van der Waals surface area contributed by atoms with Gasteiger partial charge in [-0.3, -0.25) is 4.99 Å². The molecule has 8 heteroatoms. The highest BCUT2D eigenvalue weighted by atomic mass is 32.1. The van der Waals surface area contributed by atoms with Crippen molar-refractivity contribution < 1.29 is 9.53 Å². The van der Waals surface area contributed by atoms with Crippen molar-refractivity contribution in [2.75, 3.05) is 26.7 Å². The van der Waals surface area contributed by atoms with Gasteiger partial charge in [-0.1, -0.05) is 30.3 Å². The van der Waals surface area contributed by atoms with Gasteiger partial charge < -0.3 is 20.3 Å². The van der Waals surface area contributed by atoms with Gasteiger partial charge in [0.25, 0.3) is 0 Å². The minimum Gasteiger partial charge on any atom is -0.450 e. The van der Waals surface area contributed by atoms with E-state index in [-0.39, 0.29) is 12.1 Å². The maximum Gasteiger partial charge on any atom is 0.409 e. The van der Waals surface area contributed by atoms with Gasteiger partial charge in [0.05, 0.1) is 18.8 Å². The number of carbonyl (C=O) groups excluding carboxylic acids is 1. The molecule has 28 heavy (non-hydrogen) atoms. The number of thiazole rings is 1. The molecule has 7 nitrogen and oxygen atoms in total. The average molecular weight is 402 g/mol. The fourth-order valence-corrected chi connectivity index (χ4v) is 3.85. The number of aliphatic imine (C=N–C) groups is 1. The van der Waals surface area contributed by atoms with E-state index in [2.05, 4.69) is 33.1 Å². The number of hydrogen-bond donors (Lipinski definition) is 2. The highest BCUT2D eigenvalue weighted by Gasteiger charge is 2.24. The summed E-state index contributed by atoms with van der Waals surface area (Å²) in [4.78, 5) is 22.6. The van der Waals surface area contributed by atoms with Crippen molar-refractivity contribution in [2.24, 2.45) is 4.99 Å². The Labute approximate surface area is 169 Å². The van der Waals surface area contributed by atoms with Crippen molar-refractivity contribution in [3.8, 4) is 11.3 Å². The maximum atomic E-state index is 11.8. The zero-order valence-corrected chi connectivity index (χ0v) is 17.2. The Bertz CT molecular complexity index is 785. The third kappa shape index (κ3) is 5.45. The van der Waals surface area contributed by atoms with E-state index in [4.69, 9.17) is 9.72 Å². The first kappa shape index (κ1) is 20.1. The number of likely N-dealkylation sites (tertiary alicyclic amines) is 1. The summed E-state index contributed by atoms with van der Waals surface area (Å²) in [6.07, 6.45) is 1.52. The lowest BCUT2D eigenvalue weighted by molar-refractivity contribution is 0.0963. The number of nitrogens with one attached hydrogen (secondary N) is 2. The molecule has 1 aromatic carbocycles. The second kappa shape index (κ2) is 10.1. The number of ether oxygens (including phenoxy) is 1. The van der Waals surface area contributed by atoms with Crippen molar-refractivity contribution in [1.82, 2.24) is 20.5 Å². The molecule has 2 heterocycles. The lowest BCUT2D eigenvalue weighted by atomic mass is 10.1. The van der Waals surface area contributed by atoms with Crippen LogP contribution in [0.3, 0.4) is 0 Å². The molecule has 0 bridgehead atoms. The van der Waals surface area contributed by atoms with Gasteiger partial charge >= 0.3 is 6.09 Å². The Morgan fingerprint density at radius 2 is 2.07 bits per heavy atom. The lowest BCUT2D eigenvalue weighted by Crippen LogP contribution is -2.49. The van der Waals surface area contributed by atoms with E-state index < -0.39 is 0 Å². The van der Waals surface area contributed by atoms with Crippen molar-refractivity contribution >= 4 is 23.4 Å². The molecule has 0 radical (unpaired) electrons. The third-order valence-corrected chi connectivity index (χ3v) is 5.46. The van der Waals surface area contributed by atoms with Gasteiger partial charge in [-0.15, -0.1) is 11.3 Å². The second-order valence-electron chi connectivity index (χ2n) is 6.52. The molecule has 1 saturated heterocycles. The van der Waals surface area contributed by atoms with E-state index in [0.717, 1.165) is 35.1 Å². The molecule has 0 saturated carbocycles. The average Bonchev–Trinajstić information content (AvgIpc) is 3.21. The van der Waals surface area contributed by atoms with Crippen molar-refractivity contribution in [2.45, 2.75) is 32.4 Å². The minimum atomic E-state index is -0.221. The van der Waals surface area contributed by atoms with Crippen molar-refractivity contribution in [3.63, 3.8) is 0 Å². The number of guanidine groups is 1. The second-order valence-corrected chi connectivity index (χ2v) is 7.47. The SMILES string of the molecule is CCOC(=O)N1CCC(NC(=NC)NCc2nc(-c3ccccc3)cs2)CC1. The molecule has 0 unspecified atom stereocenters. The molecule has 1 aliphatic heterocycles. The molecule has 1 aromatic heterocycles. The van der Waals surface area contributed by atoms with E-state index in [1.807, 2.05) is 25.1 Å². The summed E-state index contributed by atoms with van der Waals surface area (Å²) in [6, 6.07) is 10.5. The highest BCUT2D eigenvalue weighted by Crippen LogP contribution is 2.21. The summed E-state index contributed by atoms with van der Waals surface area (Å²) in [5, 5.41) is 9.87. The van der Waals surface area contributed by atoms with Crippen LogP contribution in [0, 0.1) is 0 Å². The standard InChI is InChI=1S/C20H27N5O2S/c1-3-27-20(26)25-11-9-16(10-12-25)23-19(21-2)22-13-18-24-17(14-28-18)15-7-5-4-6-8-15/h4-8,14,16H,3,9-13H2,1-2H3,(H2,21,22,23). The molecule has 0 atom stereocenters. The summed E-state index contributed by atoms with van der Waals surface area (Å²) < 4.78 is 5.07. The lowest BCUT2D eigenvalue weighted by Gasteiger charge is -2.32. The molecule has 0 spiro atoms. The Balaban J connectivity index is 1.46. The Hall–Kier alpha value is -2.61. The van der Waals surface area contributed by atoms with Gasteiger partial charge in [0.1, 0.15) is 5.01 Å². The van der Waals surface area contributed by atoms with Crippen LogP contribution in [0.4, 0.5) is 4.79 Å². The fourth-order valence-electron chi connectivity index (χ4n) is 3.10. The molecular formula is C20H27N5O2S. The largest absolute Gasteiger partial charge is 0.450 e.